The second-order valence-corrected chi connectivity index (χ2v) is 7.10. The van der Waals surface area contributed by atoms with Crippen LogP contribution in [0, 0.1) is 12.8 Å². The van der Waals surface area contributed by atoms with Crippen molar-refractivity contribution >= 4 is 23.3 Å². The van der Waals surface area contributed by atoms with Crippen molar-refractivity contribution in [3.63, 3.8) is 0 Å². The zero-order valence-electron chi connectivity index (χ0n) is 16.2. The summed E-state index contributed by atoms with van der Waals surface area (Å²) in [6.45, 7) is 7.33. The molecule has 5 nitrogen and oxygen atoms in total. The topological polar surface area (TPSA) is 75.3 Å². The van der Waals surface area contributed by atoms with Crippen LogP contribution in [0.25, 0.3) is 0 Å². The van der Waals surface area contributed by atoms with Crippen molar-refractivity contribution in [2.75, 3.05) is 5.32 Å². The highest BCUT2D eigenvalue weighted by Crippen LogP contribution is 2.14. The molecule has 1 atom stereocenters. The van der Waals surface area contributed by atoms with E-state index in [-0.39, 0.29) is 23.5 Å². The molecule has 0 bridgehead atoms. The van der Waals surface area contributed by atoms with Crippen LogP contribution in [-0.2, 0) is 4.79 Å². The molecule has 1 unspecified atom stereocenters. The lowest BCUT2D eigenvalue weighted by atomic mass is 10.0. The van der Waals surface area contributed by atoms with Crippen LogP contribution >= 0.6 is 0 Å². The minimum absolute atomic E-state index is 0.0716. The van der Waals surface area contributed by atoms with E-state index < -0.39 is 6.04 Å². The third kappa shape index (κ3) is 5.78. The lowest BCUT2D eigenvalue weighted by Gasteiger charge is -2.21. The van der Waals surface area contributed by atoms with E-state index in [9.17, 15) is 14.4 Å². The zero-order valence-corrected chi connectivity index (χ0v) is 16.2. The van der Waals surface area contributed by atoms with E-state index in [0.29, 0.717) is 23.2 Å². The Morgan fingerprint density at radius 1 is 1.00 bits per heavy atom. The predicted molar refractivity (Wildman–Crippen MR) is 107 cm³/mol. The fourth-order valence-electron chi connectivity index (χ4n) is 2.81. The highest BCUT2D eigenvalue weighted by atomic mass is 16.2. The van der Waals surface area contributed by atoms with Gasteiger partial charge >= 0.3 is 0 Å². The molecule has 2 amide bonds. The Morgan fingerprint density at radius 3 is 2.33 bits per heavy atom. The molecule has 0 aromatic heterocycles. The Balaban J connectivity index is 2.16. The van der Waals surface area contributed by atoms with Crippen LogP contribution < -0.4 is 10.6 Å². The van der Waals surface area contributed by atoms with Gasteiger partial charge in [-0.3, -0.25) is 14.4 Å². The van der Waals surface area contributed by atoms with E-state index in [1.807, 2.05) is 32.9 Å². The number of Topliss-reactive ketones (excluding diaryl/α,β-unsaturated/α-hetero) is 1. The Labute approximate surface area is 160 Å². The normalized spacial score (nSPS) is 11.7. The van der Waals surface area contributed by atoms with Crippen molar-refractivity contribution in [3.8, 4) is 0 Å². The van der Waals surface area contributed by atoms with Crippen molar-refractivity contribution in [1.29, 1.82) is 0 Å². The van der Waals surface area contributed by atoms with Gasteiger partial charge in [0.1, 0.15) is 6.04 Å². The molecule has 2 N–H and O–H groups in total. The van der Waals surface area contributed by atoms with Gasteiger partial charge in [-0.25, -0.2) is 0 Å². The first-order chi connectivity index (χ1) is 12.8. The molecule has 0 saturated heterocycles. The largest absolute Gasteiger partial charge is 0.340 e. The number of amides is 2. The van der Waals surface area contributed by atoms with Gasteiger partial charge < -0.3 is 10.6 Å². The Kier molecular flexibility index (Phi) is 6.88. The minimum Gasteiger partial charge on any atom is -0.340 e. The van der Waals surface area contributed by atoms with Crippen molar-refractivity contribution in [2.45, 2.75) is 40.2 Å². The molecule has 2 aromatic carbocycles. The average Bonchev–Trinajstić information content (AvgIpc) is 2.61. The van der Waals surface area contributed by atoms with Crippen molar-refractivity contribution < 1.29 is 14.4 Å². The number of hydrogen-bond acceptors (Lipinski definition) is 3. The maximum absolute atomic E-state index is 12.8. The number of aryl methyl sites for hydroxylation is 1. The van der Waals surface area contributed by atoms with Crippen LogP contribution in [0.1, 0.15) is 53.5 Å². The van der Waals surface area contributed by atoms with Crippen molar-refractivity contribution in [2.24, 2.45) is 5.92 Å². The number of carbonyl (C=O) groups excluding carboxylic acids is 3. The molecule has 0 aliphatic heterocycles. The fraction of sp³-hybridized carbons (Fsp3) is 0.318. The molecule has 0 heterocycles. The van der Waals surface area contributed by atoms with E-state index in [0.717, 1.165) is 5.56 Å². The summed E-state index contributed by atoms with van der Waals surface area (Å²) in [6, 6.07) is 13.4. The molecule has 2 aromatic rings. The smallest absolute Gasteiger partial charge is 0.252 e. The van der Waals surface area contributed by atoms with Gasteiger partial charge in [0.25, 0.3) is 5.91 Å². The first-order valence-corrected chi connectivity index (χ1v) is 9.06. The van der Waals surface area contributed by atoms with E-state index in [4.69, 9.17) is 0 Å². The summed E-state index contributed by atoms with van der Waals surface area (Å²) in [5.41, 5.74) is 2.47. The van der Waals surface area contributed by atoms with Gasteiger partial charge in [0.05, 0.1) is 0 Å². The molecule has 0 fully saturated rings. The molecule has 5 heteroatoms. The number of benzene rings is 2. The summed E-state index contributed by atoms with van der Waals surface area (Å²) in [4.78, 5) is 36.9. The Morgan fingerprint density at radius 2 is 1.70 bits per heavy atom. The molecule has 0 spiro atoms. The van der Waals surface area contributed by atoms with Gasteiger partial charge in [-0.05, 0) is 49.9 Å². The Hall–Kier alpha value is -2.95. The number of anilines is 1. The SMILES string of the molecule is CC(=O)c1cccc(NC(=O)C(CC(C)C)NC(=O)c2ccccc2C)c1. The molecule has 0 saturated carbocycles. The second kappa shape index (κ2) is 9.12. The molecule has 142 valence electrons. The van der Waals surface area contributed by atoms with E-state index in [1.165, 1.54) is 6.92 Å². The van der Waals surface area contributed by atoms with Crippen LogP contribution in [0.3, 0.4) is 0 Å². The van der Waals surface area contributed by atoms with Crippen LogP contribution in [0.5, 0.6) is 0 Å². The minimum atomic E-state index is -0.668. The van der Waals surface area contributed by atoms with Crippen LogP contribution in [0.15, 0.2) is 48.5 Å². The van der Waals surface area contributed by atoms with E-state index in [2.05, 4.69) is 10.6 Å². The van der Waals surface area contributed by atoms with E-state index in [1.54, 1.807) is 36.4 Å². The quantitative estimate of drug-likeness (QED) is 0.728. The molecular formula is C22H26N2O3. The van der Waals surface area contributed by atoms with Gasteiger partial charge in [0, 0.05) is 16.8 Å². The van der Waals surface area contributed by atoms with Crippen LogP contribution in [0.2, 0.25) is 0 Å². The third-order valence-electron chi connectivity index (χ3n) is 4.26. The summed E-state index contributed by atoms with van der Waals surface area (Å²) >= 11 is 0. The van der Waals surface area contributed by atoms with Gasteiger partial charge in [-0.15, -0.1) is 0 Å². The van der Waals surface area contributed by atoms with Gasteiger partial charge in [-0.2, -0.15) is 0 Å². The average molecular weight is 366 g/mol. The monoisotopic (exact) mass is 366 g/mol. The number of nitrogens with one attached hydrogen (secondary N) is 2. The Bertz CT molecular complexity index is 843. The molecule has 0 radical (unpaired) electrons. The maximum Gasteiger partial charge on any atom is 0.252 e. The van der Waals surface area contributed by atoms with Crippen LogP contribution in [0.4, 0.5) is 5.69 Å². The van der Waals surface area contributed by atoms with Gasteiger partial charge in [0.2, 0.25) is 5.91 Å². The number of rotatable bonds is 7. The molecular weight excluding hydrogens is 340 g/mol. The lowest BCUT2D eigenvalue weighted by Crippen LogP contribution is -2.44. The summed E-state index contributed by atoms with van der Waals surface area (Å²) in [5.74, 6) is -0.420. The molecule has 0 aliphatic rings. The summed E-state index contributed by atoms with van der Waals surface area (Å²) in [5, 5.41) is 5.65. The highest BCUT2D eigenvalue weighted by molar-refractivity contribution is 6.02. The first-order valence-electron chi connectivity index (χ1n) is 9.06. The third-order valence-corrected chi connectivity index (χ3v) is 4.26. The van der Waals surface area contributed by atoms with Gasteiger partial charge in [0.15, 0.2) is 5.78 Å². The fourth-order valence-corrected chi connectivity index (χ4v) is 2.81. The van der Waals surface area contributed by atoms with Crippen molar-refractivity contribution in [1.82, 2.24) is 5.32 Å². The highest BCUT2D eigenvalue weighted by Gasteiger charge is 2.23. The van der Waals surface area contributed by atoms with Gasteiger partial charge in [-0.1, -0.05) is 44.2 Å². The predicted octanol–water partition coefficient (Wildman–Crippen LogP) is 3.98. The molecule has 27 heavy (non-hydrogen) atoms. The second-order valence-electron chi connectivity index (χ2n) is 7.10. The summed E-state index contributed by atoms with van der Waals surface area (Å²) in [6.07, 6.45) is 0.510. The van der Waals surface area contributed by atoms with Crippen LogP contribution in [-0.4, -0.2) is 23.6 Å². The standard InChI is InChI=1S/C22H26N2O3/c1-14(2)12-20(24-21(26)19-11-6-5-8-15(19)3)22(27)23-18-10-7-9-17(13-18)16(4)25/h5-11,13-14,20H,12H2,1-4H3,(H,23,27)(H,24,26). The summed E-state index contributed by atoms with van der Waals surface area (Å²) in [7, 11) is 0. The zero-order chi connectivity index (χ0) is 20.0. The van der Waals surface area contributed by atoms with Crippen molar-refractivity contribution in [3.05, 3.63) is 65.2 Å². The molecule has 0 aliphatic carbocycles. The number of hydrogen-bond donors (Lipinski definition) is 2. The number of ketones is 1. The van der Waals surface area contributed by atoms with E-state index >= 15 is 0 Å². The molecule has 2 rings (SSSR count). The first kappa shape index (κ1) is 20.4. The summed E-state index contributed by atoms with van der Waals surface area (Å²) < 4.78 is 0. The maximum atomic E-state index is 12.8. The lowest BCUT2D eigenvalue weighted by molar-refractivity contribution is -0.118. The number of carbonyl (C=O) groups is 3.